The molecule has 2 rings (SSSR count). The van der Waals surface area contributed by atoms with Crippen LogP contribution < -0.4 is 4.74 Å². The second-order valence-electron chi connectivity index (χ2n) is 7.14. The van der Waals surface area contributed by atoms with Crippen molar-refractivity contribution >= 4 is 35.0 Å². The van der Waals surface area contributed by atoms with Gasteiger partial charge in [0.25, 0.3) is 5.91 Å². The average molecular weight is 387 g/mol. The molecule has 0 aliphatic carbocycles. The van der Waals surface area contributed by atoms with Gasteiger partial charge in [-0.2, -0.15) is 0 Å². The Kier molecular flexibility index (Phi) is 6.58. The highest BCUT2D eigenvalue weighted by Crippen LogP contribution is 2.27. The average Bonchev–Trinajstić information content (AvgIpc) is 2.78. The molecule has 0 unspecified atom stereocenters. The summed E-state index contributed by atoms with van der Waals surface area (Å²) >= 11 is 11.9. The Hall–Kier alpha value is -1.46. The molecule has 0 bridgehead atoms. The van der Waals surface area contributed by atoms with Gasteiger partial charge in [0.05, 0.1) is 5.02 Å². The lowest BCUT2D eigenvalue weighted by Gasteiger charge is -2.28. The van der Waals surface area contributed by atoms with Crippen LogP contribution in [0.25, 0.3) is 0 Å². The molecule has 1 aromatic rings. The molecule has 2 amide bonds. The first-order valence-electron chi connectivity index (χ1n) is 8.33. The number of rotatable bonds is 3. The molecule has 1 saturated heterocycles. The monoisotopic (exact) mass is 386 g/mol. The highest BCUT2D eigenvalue weighted by atomic mass is 35.5. The van der Waals surface area contributed by atoms with E-state index in [0.717, 1.165) is 6.42 Å². The van der Waals surface area contributed by atoms with E-state index in [1.165, 1.54) is 0 Å². The van der Waals surface area contributed by atoms with Gasteiger partial charge in [0.1, 0.15) is 5.75 Å². The number of carbonyl (C=O) groups is 2. The zero-order valence-corrected chi connectivity index (χ0v) is 16.4. The zero-order valence-electron chi connectivity index (χ0n) is 14.8. The van der Waals surface area contributed by atoms with Crippen molar-refractivity contribution in [1.29, 1.82) is 0 Å². The SMILES string of the molecule is CC(C)(C)C(=O)N1CCCN(C(=O)COc2ccc(Cl)cc2Cl)CC1. The van der Waals surface area contributed by atoms with Crippen molar-refractivity contribution in [2.75, 3.05) is 32.8 Å². The Labute approximate surface area is 158 Å². The second kappa shape index (κ2) is 8.28. The minimum atomic E-state index is -0.409. The van der Waals surface area contributed by atoms with Crippen LogP contribution >= 0.6 is 23.2 Å². The second-order valence-corrected chi connectivity index (χ2v) is 7.98. The van der Waals surface area contributed by atoms with E-state index in [2.05, 4.69) is 0 Å². The fourth-order valence-electron chi connectivity index (χ4n) is 2.67. The number of benzene rings is 1. The highest BCUT2D eigenvalue weighted by Gasteiger charge is 2.29. The van der Waals surface area contributed by atoms with Gasteiger partial charge in [-0.25, -0.2) is 0 Å². The molecule has 0 radical (unpaired) electrons. The maximum absolute atomic E-state index is 12.4. The Morgan fingerprint density at radius 2 is 1.72 bits per heavy atom. The summed E-state index contributed by atoms with van der Waals surface area (Å²) < 4.78 is 5.51. The molecule has 25 heavy (non-hydrogen) atoms. The third kappa shape index (κ3) is 5.51. The van der Waals surface area contributed by atoms with E-state index < -0.39 is 5.41 Å². The fourth-order valence-corrected chi connectivity index (χ4v) is 3.13. The predicted octanol–water partition coefficient (Wildman–Crippen LogP) is 3.48. The van der Waals surface area contributed by atoms with Gasteiger partial charge >= 0.3 is 0 Å². The van der Waals surface area contributed by atoms with Gasteiger partial charge in [-0.3, -0.25) is 9.59 Å². The lowest BCUT2D eigenvalue weighted by atomic mass is 9.94. The number of nitrogens with zero attached hydrogens (tertiary/aromatic N) is 2. The topological polar surface area (TPSA) is 49.9 Å². The molecule has 7 heteroatoms. The lowest BCUT2D eigenvalue weighted by molar-refractivity contribution is -0.140. The summed E-state index contributed by atoms with van der Waals surface area (Å²) in [5.41, 5.74) is -0.409. The Morgan fingerprint density at radius 3 is 2.36 bits per heavy atom. The van der Waals surface area contributed by atoms with Crippen molar-refractivity contribution < 1.29 is 14.3 Å². The van der Waals surface area contributed by atoms with Crippen molar-refractivity contribution in [2.24, 2.45) is 5.41 Å². The number of hydrogen-bond acceptors (Lipinski definition) is 3. The molecule has 1 heterocycles. The molecule has 1 aliphatic rings. The number of amides is 2. The van der Waals surface area contributed by atoms with Crippen molar-refractivity contribution in [3.8, 4) is 5.75 Å². The van der Waals surface area contributed by atoms with Crippen molar-refractivity contribution in [1.82, 2.24) is 9.80 Å². The molecule has 5 nitrogen and oxygen atoms in total. The van der Waals surface area contributed by atoms with E-state index in [1.54, 1.807) is 23.1 Å². The summed E-state index contributed by atoms with van der Waals surface area (Å²) in [6.45, 7) is 7.98. The van der Waals surface area contributed by atoms with E-state index in [0.29, 0.717) is 42.0 Å². The molecule has 0 N–H and O–H groups in total. The quantitative estimate of drug-likeness (QED) is 0.798. The molecular formula is C18H24Cl2N2O3. The summed E-state index contributed by atoms with van der Waals surface area (Å²) in [6, 6.07) is 4.88. The maximum Gasteiger partial charge on any atom is 0.260 e. The van der Waals surface area contributed by atoms with Crippen molar-refractivity contribution in [2.45, 2.75) is 27.2 Å². The summed E-state index contributed by atoms with van der Waals surface area (Å²) in [5, 5.41) is 0.887. The molecule has 1 aromatic carbocycles. The summed E-state index contributed by atoms with van der Waals surface area (Å²) in [4.78, 5) is 28.4. The third-order valence-electron chi connectivity index (χ3n) is 4.02. The molecular weight excluding hydrogens is 363 g/mol. The summed E-state index contributed by atoms with van der Waals surface area (Å²) in [5.74, 6) is 0.431. The van der Waals surface area contributed by atoms with Gasteiger partial charge in [-0.15, -0.1) is 0 Å². The number of hydrogen-bond donors (Lipinski definition) is 0. The van der Waals surface area contributed by atoms with Crippen LogP contribution in [0.5, 0.6) is 5.75 Å². The van der Waals surface area contributed by atoms with Crippen molar-refractivity contribution in [3.63, 3.8) is 0 Å². The van der Waals surface area contributed by atoms with Gasteiger partial charge in [0, 0.05) is 36.6 Å². The van der Waals surface area contributed by atoms with Crippen LogP contribution in [-0.4, -0.2) is 54.4 Å². The smallest absolute Gasteiger partial charge is 0.260 e. The van der Waals surface area contributed by atoms with Crippen LogP contribution in [0.1, 0.15) is 27.2 Å². The molecule has 0 spiro atoms. The Morgan fingerprint density at radius 1 is 1.08 bits per heavy atom. The van der Waals surface area contributed by atoms with Gasteiger partial charge in [-0.05, 0) is 24.6 Å². The predicted molar refractivity (Wildman–Crippen MR) is 99.2 cm³/mol. The largest absolute Gasteiger partial charge is 0.482 e. The fraction of sp³-hybridized carbons (Fsp3) is 0.556. The third-order valence-corrected chi connectivity index (χ3v) is 4.55. The van der Waals surface area contributed by atoms with Gasteiger partial charge in [0.15, 0.2) is 6.61 Å². The molecule has 138 valence electrons. The van der Waals surface area contributed by atoms with Crippen LogP contribution in [0.4, 0.5) is 0 Å². The lowest BCUT2D eigenvalue weighted by Crippen LogP contribution is -2.42. The van der Waals surface area contributed by atoms with E-state index in [1.807, 2.05) is 25.7 Å². The molecule has 0 atom stereocenters. The standard InChI is InChI=1S/C18H24Cl2N2O3/c1-18(2,3)17(24)22-8-4-7-21(9-10-22)16(23)12-25-15-6-5-13(19)11-14(15)20/h5-6,11H,4,7-10,12H2,1-3H3. The van der Waals surface area contributed by atoms with E-state index in [-0.39, 0.29) is 18.4 Å². The number of halogens is 2. The van der Waals surface area contributed by atoms with Gasteiger partial charge in [-0.1, -0.05) is 44.0 Å². The maximum atomic E-state index is 12.4. The van der Waals surface area contributed by atoms with Gasteiger partial charge < -0.3 is 14.5 Å². The van der Waals surface area contributed by atoms with E-state index in [4.69, 9.17) is 27.9 Å². The first kappa shape index (κ1) is 19.9. The van der Waals surface area contributed by atoms with Crippen molar-refractivity contribution in [3.05, 3.63) is 28.2 Å². The molecule has 0 saturated carbocycles. The Bertz CT molecular complexity index is 644. The van der Waals surface area contributed by atoms with Crippen LogP contribution in [0.15, 0.2) is 18.2 Å². The van der Waals surface area contributed by atoms with Crippen LogP contribution in [-0.2, 0) is 9.59 Å². The van der Waals surface area contributed by atoms with Crippen LogP contribution in [0.3, 0.4) is 0 Å². The summed E-state index contributed by atoms with van der Waals surface area (Å²) in [6.07, 6.45) is 0.759. The zero-order chi connectivity index (χ0) is 18.6. The van der Waals surface area contributed by atoms with Crippen LogP contribution in [0.2, 0.25) is 10.0 Å². The highest BCUT2D eigenvalue weighted by molar-refractivity contribution is 6.35. The Balaban J connectivity index is 1.89. The normalized spacial score (nSPS) is 15.7. The van der Waals surface area contributed by atoms with E-state index in [9.17, 15) is 9.59 Å². The molecule has 0 aromatic heterocycles. The van der Waals surface area contributed by atoms with Crippen LogP contribution in [0, 0.1) is 5.41 Å². The van der Waals surface area contributed by atoms with E-state index >= 15 is 0 Å². The number of carbonyl (C=O) groups excluding carboxylic acids is 2. The molecule has 1 fully saturated rings. The van der Waals surface area contributed by atoms with Gasteiger partial charge in [0.2, 0.25) is 5.91 Å². The first-order valence-corrected chi connectivity index (χ1v) is 9.09. The minimum Gasteiger partial charge on any atom is -0.482 e. The summed E-state index contributed by atoms with van der Waals surface area (Å²) in [7, 11) is 0. The number of ether oxygens (including phenoxy) is 1. The first-order chi connectivity index (χ1) is 11.7. The minimum absolute atomic E-state index is 0.0887. The molecule has 1 aliphatic heterocycles.